The lowest BCUT2D eigenvalue weighted by atomic mass is 9.76. The van der Waals surface area contributed by atoms with Crippen molar-refractivity contribution in [3.05, 3.63) is 23.9 Å². The highest BCUT2D eigenvalue weighted by Crippen LogP contribution is 2.30. The molecule has 1 heterocycles. The van der Waals surface area contributed by atoms with E-state index in [1.807, 2.05) is 12.1 Å². The van der Waals surface area contributed by atoms with Crippen molar-refractivity contribution in [2.45, 2.75) is 44.7 Å². The summed E-state index contributed by atoms with van der Waals surface area (Å²) in [5.41, 5.74) is 6.51. The summed E-state index contributed by atoms with van der Waals surface area (Å²) in [5.74, 6) is 1.01. The van der Waals surface area contributed by atoms with Crippen molar-refractivity contribution in [2.75, 3.05) is 7.11 Å². The first-order valence-corrected chi connectivity index (χ1v) is 7.09. The minimum atomic E-state index is -0.714. The molecular formula is C15H23N3O2. The first-order valence-electron chi connectivity index (χ1n) is 7.09. The lowest BCUT2D eigenvalue weighted by Crippen LogP contribution is -2.56. The van der Waals surface area contributed by atoms with E-state index in [1.54, 1.807) is 13.3 Å². The Balaban J connectivity index is 1.94. The van der Waals surface area contributed by atoms with Crippen LogP contribution in [0.2, 0.25) is 0 Å². The second-order valence-electron chi connectivity index (χ2n) is 5.75. The van der Waals surface area contributed by atoms with Crippen molar-refractivity contribution >= 4 is 5.91 Å². The smallest absolute Gasteiger partial charge is 0.240 e. The van der Waals surface area contributed by atoms with Gasteiger partial charge in [0.2, 0.25) is 11.8 Å². The number of nitrogens with zero attached hydrogens (tertiary/aromatic N) is 1. The first-order chi connectivity index (χ1) is 9.53. The van der Waals surface area contributed by atoms with Gasteiger partial charge in [0.15, 0.2) is 0 Å². The first kappa shape index (κ1) is 14.8. The van der Waals surface area contributed by atoms with Crippen molar-refractivity contribution in [3.63, 3.8) is 0 Å². The number of aromatic nitrogens is 1. The second kappa shape index (κ2) is 6.22. The summed E-state index contributed by atoms with van der Waals surface area (Å²) < 4.78 is 5.06. The standard InChI is InChI=1S/C15H23N3O2/c1-11-4-3-6-15(16,9-11)14(19)18-10-12-5-7-17-13(8-12)20-2/h5,7-8,11H,3-4,6,9-10,16H2,1-2H3,(H,18,19). The van der Waals surface area contributed by atoms with Crippen LogP contribution in [-0.2, 0) is 11.3 Å². The molecule has 0 aliphatic heterocycles. The van der Waals surface area contributed by atoms with Crippen LogP contribution in [-0.4, -0.2) is 23.5 Å². The van der Waals surface area contributed by atoms with Gasteiger partial charge in [0.25, 0.3) is 0 Å². The summed E-state index contributed by atoms with van der Waals surface area (Å²) in [5, 5.41) is 2.93. The molecular weight excluding hydrogens is 254 g/mol. The highest BCUT2D eigenvalue weighted by molar-refractivity contribution is 5.86. The monoisotopic (exact) mass is 277 g/mol. The third-order valence-corrected chi connectivity index (χ3v) is 3.95. The van der Waals surface area contributed by atoms with E-state index in [0.717, 1.165) is 31.2 Å². The Kier molecular flexibility index (Phi) is 4.60. The fraction of sp³-hybridized carbons (Fsp3) is 0.600. The minimum absolute atomic E-state index is 0.0557. The average Bonchev–Trinajstić information content (AvgIpc) is 2.44. The van der Waals surface area contributed by atoms with Crippen molar-refractivity contribution in [3.8, 4) is 5.88 Å². The molecule has 0 radical (unpaired) electrons. The molecule has 0 spiro atoms. The van der Waals surface area contributed by atoms with Gasteiger partial charge in [0.1, 0.15) is 0 Å². The number of carbonyl (C=O) groups is 1. The maximum atomic E-state index is 12.3. The Morgan fingerprint density at radius 1 is 1.65 bits per heavy atom. The van der Waals surface area contributed by atoms with Gasteiger partial charge in [-0.25, -0.2) is 4.98 Å². The summed E-state index contributed by atoms with van der Waals surface area (Å²) in [6.07, 6.45) is 5.38. The number of amides is 1. The average molecular weight is 277 g/mol. The normalized spacial score (nSPS) is 26.1. The Morgan fingerprint density at radius 2 is 2.45 bits per heavy atom. The zero-order valence-electron chi connectivity index (χ0n) is 12.2. The highest BCUT2D eigenvalue weighted by atomic mass is 16.5. The Hall–Kier alpha value is -1.62. The third kappa shape index (κ3) is 3.48. The molecule has 0 bridgehead atoms. The molecule has 110 valence electrons. The van der Waals surface area contributed by atoms with Gasteiger partial charge in [0.05, 0.1) is 12.6 Å². The molecule has 0 saturated heterocycles. The number of hydrogen-bond donors (Lipinski definition) is 2. The highest BCUT2D eigenvalue weighted by Gasteiger charge is 2.37. The van der Waals surface area contributed by atoms with Gasteiger partial charge in [0, 0.05) is 18.8 Å². The molecule has 1 aliphatic carbocycles. The molecule has 5 heteroatoms. The van der Waals surface area contributed by atoms with Crippen LogP contribution in [0.15, 0.2) is 18.3 Å². The molecule has 1 saturated carbocycles. The Labute approximate surface area is 119 Å². The van der Waals surface area contributed by atoms with E-state index >= 15 is 0 Å². The van der Waals surface area contributed by atoms with Crippen LogP contribution in [0.3, 0.4) is 0 Å². The molecule has 0 aromatic carbocycles. The quantitative estimate of drug-likeness (QED) is 0.876. The largest absolute Gasteiger partial charge is 0.481 e. The fourth-order valence-corrected chi connectivity index (χ4v) is 2.83. The number of methoxy groups -OCH3 is 1. The van der Waals surface area contributed by atoms with Crippen LogP contribution in [0, 0.1) is 5.92 Å². The van der Waals surface area contributed by atoms with Crippen LogP contribution in [0.25, 0.3) is 0 Å². The number of nitrogens with two attached hydrogens (primary N) is 1. The summed E-state index contributed by atoms with van der Waals surface area (Å²) in [7, 11) is 1.57. The molecule has 1 aliphatic rings. The Bertz CT molecular complexity index is 478. The zero-order valence-corrected chi connectivity index (χ0v) is 12.2. The van der Waals surface area contributed by atoms with Crippen LogP contribution >= 0.6 is 0 Å². The number of hydrogen-bond acceptors (Lipinski definition) is 4. The number of ether oxygens (including phenoxy) is 1. The minimum Gasteiger partial charge on any atom is -0.481 e. The van der Waals surface area contributed by atoms with Gasteiger partial charge in [-0.3, -0.25) is 4.79 Å². The van der Waals surface area contributed by atoms with Gasteiger partial charge in [-0.1, -0.05) is 19.8 Å². The number of carbonyl (C=O) groups excluding carboxylic acids is 1. The third-order valence-electron chi connectivity index (χ3n) is 3.95. The van der Waals surface area contributed by atoms with E-state index in [1.165, 1.54) is 0 Å². The number of nitrogens with one attached hydrogen (secondary N) is 1. The van der Waals surface area contributed by atoms with E-state index in [-0.39, 0.29) is 5.91 Å². The lowest BCUT2D eigenvalue weighted by molar-refractivity contribution is -0.128. The van der Waals surface area contributed by atoms with Gasteiger partial charge in [-0.2, -0.15) is 0 Å². The van der Waals surface area contributed by atoms with Crippen molar-refractivity contribution < 1.29 is 9.53 Å². The van der Waals surface area contributed by atoms with E-state index in [9.17, 15) is 4.79 Å². The van der Waals surface area contributed by atoms with Crippen molar-refractivity contribution in [1.82, 2.24) is 10.3 Å². The molecule has 5 nitrogen and oxygen atoms in total. The molecule has 2 atom stereocenters. The molecule has 1 fully saturated rings. The number of pyridine rings is 1. The summed E-state index contributed by atoms with van der Waals surface area (Å²) in [4.78, 5) is 16.3. The molecule has 3 N–H and O–H groups in total. The predicted octanol–water partition coefficient (Wildman–Crippen LogP) is 1.61. The molecule has 2 rings (SSSR count). The van der Waals surface area contributed by atoms with Crippen molar-refractivity contribution in [2.24, 2.45) is 11.7 Å². The van der Waals surface area contributed by atoms with Crippen LogP contribution in [0.1, 0.15) is 38.2 Å². The molecule has 1 amide bonds. The van der Waals surface area contributed by atoms with Crippen LogP contribution in [0.5, 0.6) is 5.88 Å². The number of rotatable bonds is 4. The summed E-state index contributed by atoms with van der Waals surface area (Å²) >= 11 is 0. The van der Waals surface area contributed by atoms with Gasteiger partial charge in [-0.05, 0) is 30.4 Å². The molecule has 1 aromatic rings. The van der Waals surface area contributed by atoms with E-state index in [2.05, 4.69) is 17.2 Å². The Morgan fingerprint density at radius 3 is 3.15 bits per heavy atom. The van der Waals surface area contributed by atoms with Gasteiger partial charge in [-0.15, -0.1) is 0 Å². The van der Waals surface area contributed by atoms with Gasteiger partial charge >= 0.3 is 0 Å². The zero-order chi connectivity index (χ0) is 14.6. The summed E-state index contributed by atoms with van der Waals surface area (Å²) in [6, 6.07) is 3.67. The summed E-state index contributed by atoms with van der Waals surface area (Å²) in [6.45, 7) is 2.60. The van der Waals surface area contributed by atoms with Crippen LogP contribution < -0.4 is 15.8 Å². The maximum Gasteiger partial charge on any atom is 0.240 e. The SMILES string of the molecule is COc1cc(CNC(=O)C2(N)CCCC(C)C2)ccn1. The molecule has 20 heavy (non-hydrogen) atoms. The van der Waals surface area contributed by atoms with E-state index in [4.69, 9.17) is 10.5 Å². The maximum absolute atomic E-state index is 12.3. The van der Waals surface area contributed by atoms with E-state index < -0.39 is 5.54 Å². The fourth-order valence-electron chi connectivity index (χ4n) is 2.83. The van der Waals surface area contributed by atoms with Gasteiger partial charge < -0.3 is 15.8 Å². The predicted molar refractivity (Wildman–Crippen MR) is 77.2 cm³/mol. The molecule has 1 aromatic heterocycles. The van der Waals surface area contributed by atoms with Crippen molar-refractivity contribution in [1.29, 1.82) is 0 Å². The topological polar surface area (TPSA) is 77.2 Å². The second-order valence-corrected chi connectivity index (χ2v) is 5.75. The lowest BCUT2D eigenvalue weighted by Gasteiger charge is -2.35. The molecule has 2 unspecified atom stereocenters. The van der Waals surface area contributed by atoms with E-state index in [0.29, 0.717) is 18.3 Å². The van der Waals surface area contributed by atoms with Crippen LogP contribution in [0.4, 0.5) is 0 Å².